The van der Waals surface area contributed by atoms with Crippen molar-refractivity contribution in [1.82, 2.24) is 14.4 Å². The third-order valence-electron chi connectivity index (χ3n) is 6.62. The molecule has 0 aliphatic carbocycles. The number of benzene rings is 4. The standard InChI is InChI=1S/C16H12N2.C14H12N2.C2H3ClO/c1-11-5-4-8-14-15(11)12-6-2-3-7-13(12)16-17-9-10-18(14)16;1-9-5-4-8-12-13(9)10-6-2-3-7-11(10)14(15)16-12;3-1-2-4/h2-10H,1H3;2-8H,1H3,(H2,15,16);2H,1H2. The van der Waals surface area contributed by atoms with E-state index >= 15 is 0 Å². The first kappa shape index (κ1) is 25.2. The summed E-state index contributed by atoms with van der Waals surface area (Å²) in [5, 5.41) is 7.23. The molecular weight excluding hydrogens is 492 g/mol. The molecule has 0 bridgehead atoms. The van der Waals surface area contributed by atoms with Gasteiger partial charge >= 0.3 is 0 Å². The van der Waals surface area contributed by atoms with Gasteiger partial charge in [0.2, 0.25) is 0 Å². The van der Waals surface area contributed by atoms with Gasteiger partial charge in [-0.05, 0) is 47.9 Å². The van der Waals surface area contributed by atoms with Gasteiger partial charge in [-0.25, -0.2) is 9.97 Å². The summed E-state index contributed by atoms with van der Waals surface area (Å²) in [5.41, 5.74) is 11.7. The second-order valence-electron chi connectivity index (χ2n) is 8.97. The summed E-state index contributed by atoms with van der Waals surface area (Å²) in [6, 6.07) is 29.2. The minimum atomic E-state index is 0.111. The molecule has 0 amide bonds. The highest BCUT2D eigenvalue weighted by atomic mass is 35.5. The van der Waals surface area contributed by atoms with Gasteiger partial charge in [-0.1, -0.05) is 72.8 Å². The maximum Gasteiger partial charge on any atom is 0.145 e. The Labute approximate surface area is 225 Å². The van der Waals surface area contributed by atoms with Gasteiger partial charge in [0.1, 0.15) is 17.8 Å². The average Bonchev–Trinajstić information content (AvgIpc) is 3.45. The van der Waals surface area contributed by atoms with Crippen molar-refractivity contribution in [2.24, 2.45) is 0 Å². The van der Waals surface area contributed by atoms with E-state index in [1.807, 2.05) is 42.7 Å². The fraction of sp³-hybridized carbons (Fsp3) is 0.0938. The number of halogens is 1. The second kappa shape index (κ2) is 10.9. The van der Waals surface area contributed by atoms with Crippen molar-refractivity contribution in [1.29, 1.82) is 0 Å². The molecule has 0 fully saturated rings. The molecule has 4 aromatic carbocycles. The molecule has 0 aliphatic heterocycles. The molecule has 0 atom stereocenters. The van der Waals surface area contributed by atoms with Crippen molar-refractivity contribution in [2.45, 2.75) is 13.8 Å². The van der Waals surface area contributed by atoms with Crippen molar-refractivity contribution in [3.05, 3.63) is 108 Å². The third kappa shape index (κ3) is 4.53. The molecule has 0 saturated heterocycles. The van der Waals surface area contributed by atoms with Gasteiger partial charge in [-0.3, -0.25) is 4.40 Å². The first-order chi connectivity index (χ1) is 18.5. The minimum absolute atomic E-state index is 0.111. The zero-order valence-electron chi connectivity index (χ0n) is 21.2. The number of carbonyl (C=O) groups excluding carboxylic acids is 1. The van der Waals surface area contributed by atoms with E-state index in [1.165, 1.54) is 43.6 Å². The number of aldehydes is 1. The summed E-state index contributed by atoms with van der Waals surface area (Å²) in [6.45, 7) is 4.27. The number of hydrogen-bond acceptors (Lipinski definition) is 4. The lowest BCUT2D eigenvalue weighted by Gasteiger charge is -2.10. The van der Waals surface area contributed by atoms with Gasteiger partial charge in [0.15, 0.2) is 0 Å². The van der Waals surface area contributed by atoms with Crippen LogP contribution in [0.3, 0.4) is 0 Å². The first-order valence-electron chi connectivity index (χ1n) is 12.3. The summed E-state index contributed by atoms with van der Waals surface area (Å²) in [4.78, 5) is 18.0. The molecule has 2 N–H and O–H groups in total. The monoisotopic (exact) mass is 518 g/mol. The maximum atomic E-state index is 9.04. The van der Waals surface area contributed by atoms with E-state index in [2.05, 4.69) is 82.8 Å². The van der Waals surface area contributed by atoms with Crippen molar-refractivity contribution >= 4 is 72.7 Å². The molecule has 0 saturated carbocycles. The van der Waals surface area contributed by atoms with E-state index in [-0.39, 0.29) is 5.88 Å². The number of imidazole rings is 1. The van der Waals surface area contributed by atoms with Crippen LogP contribution in [0.5, 0.6) is 0 Å². The molecule has 6 heteroatoms. The SMILES string of the molecule is Cc1cccc2c1c1ccccc1c1nccn21.Cc1cccc2nc(N)c3ccccc3c12.O=CCCl. The van der Waals surface area contributed by atoms with Gasteiger partial charge in [0, 0.05) is 33.9 Å². The lowest BCUT2D eigenvalue weighted by atomic mass is 10.0. The number of nitrogen functional groups attached to an aromatic ring is 1. The summed E-state index contributed by atoms with van der Waals surface area (Å²) < 4.78 is 2.17. The summed E-state index contributed by atoms with van der Waals surface area (Å²) >= 11 is 4.82. The Hall–Kier alpha value is -4.48. The van der Waals surface area contributed by atoms with Gasteiger partial charge < -0.3 is 10.5 Å². The highest BCUT2D eigenvalue weighted by Gasteiger charge is 2.10. The van der Waals surface area contributed by atoms with E-state index in [4.69, 9.17) is 22.1 Å². The molecule has 3 heterocycles. The zero-order valence-corrected chi connectivity index (χ0v) is 22.0. The van der Waals surface area contributed by atoms with E-state index in [9.17, 15) is 0 Å². The van der Waals surface area contributed by atoms with Crippen LogP contribution >= 0.6 is 11.6 Å². The van der Waals surface area contributed by atoms with Gasteiger partial charge in [0.05, 0.1) is 16.9 Å². The van der Waals surface area contributed by atoms with Gasteiger partial charge in [0.25, 0.3) is 0 Å². The largest absolute Gasteiger partial charge is 0.383 e. The maximum absolute atomic E-state index is 9.04. The Morgan fingerprint density at radius 1 is 0.789 bits per heavy atom. The topological polar surface area (TPSA) is 73.3 Å². The smallest absolute Gasteiger partial charge is 0.145 e. The van der Waals surface area contributed by atoms with Crippen LogP contribution in [0, 0.1) is 13.8 Å². The number of pyridine rings is 2. The number of alkyl halides is 1. The number of hydrogen-bond donors (Lipinski definition) is 1. The Balaban J connectivity index is 0.000000137. The van der Waals surface area contributed by atoms with E-state index in [0.29, 0.717) is 12.1 Å². The molecule has 38 heavy (non-hydrogen) atoms. The summed E-state index contributed by atoms with van der Waals surface area (Å²) in [6.07, 6.45) is 4.54. The lowest BCUT2D eigenvalue weighted by molar-refractivity contribution is -0.105. The molecule has 0 unspecified atom stereocenters. The molecule has 7 rings (SSSR count). The van der Waals surface area contributed by atoms with Crippen LogP contribution in [-0.2, 0) is 4.79 Å². The number of nitrogens with zero attached hydrogens (tertiary/aromatic N) is 3. The Bertz CT molecular complexity index is 1930. The van der Waals surface area contributed by atoms with Crippen LogP contribution in [0.1, 0.15) is 11.1 Å². The van der Waals surface area contributed by atoms with Crippen molar-refractivity contribution in [3.63, 3.8) is 0 Å². The molecule has 0 aliphatic rings. The Morgan fingerprint density at radius 3 is 2.05 bits per heavy atom. The fourth-order valence-corrected chi connectivity index (χ4v) is 5.01. The van der Waals surface area contributed by atoms with E-state index in [0.717, 1.165) is 16.6 Å². The quantitative estimate of drug-likeness (QED) is 0.137. The van der Waals surface area contributed by atoms with Crippen LogP contribution in [0.4, 0.5) is 5.82 Å². The Morgan fingerprint density at radius 2 is 1.37 bits per heavy atom. The predicted molar refractivity (Wildman–Crippen MR) is 160 cm³/mol. The number of anilines is 1. The van der Waals surface area contributed by atoms with Crippen LogP contribution < -0.4 is 5.73 Å². The third-order valence-corrected chi connectivity index (χ3v) is 6.74. The van der Waals surface area contributed by atoms with E-state index < -0.39 is 0 Å². The second-order valence-corrected chi connectivity index (χ2v) is 9.28. The highest BCUT2D eigenvalue weighted by molar-refractivity contribution is 6.24. The molecule has 0 spiro atoms. The molecule has 0 radical (unpaired) electrons. The lowest BCUT2D eigenvalue weighted by Crippen LogP contribution is -1.94. The summed E-state index contributed by atoms with van der Waals surface area (Å²) in [5.74, 6) is 0.716. The normalized spacial score (nSPS) is 10.8. The molecule has 5 nitrogen and oxygen atoms in total. The first-order valence-corrected chi connectivity index (χ1v) is 12.8. The van der Waals surface area contributed by atoms with E-state index in [1.54, 1.807) is 0 Å². The zero-order chi connectivity index (χ0) is 26.6. The molecule has 188 valence electrons. The van der Waals surface area contributed by atoms with Crippen molar-refractivity contribution in [3.8, 4) is 0 Å². The number of carbonyl (C=O) groups is 1. The number of rotatable bonds is 1. The van der Waals surface area contributed by atoms with Gasteiger partial charge in [-0.2, -0.15) is 0 Å². The predicted octanol–water partition coefficient (Wildman–Crippen LogP) is 7.65. The number of nitrogens with two attached hydrogens (primary N) is 1. The molecular formula is C32H27ClN4O. The summed E-state index contributed by atoms with van der Waals surface area (Å²) in [7, 11) is 0. The fourth-order valence-electron chi connectivity index (χ4n) is 5.01. The average molecular weight is 519 g/mol. The Kier molecular flexibility index (Phi) is 7.20. The van der Waals surface area contributed by atoms with Crippen molar-refractivity contribution < 1.29 is 4.79 Å². The minimum Gasteiger partial charge on any atom is -0.383 e. The van der Waals surface area contributed by atoms with Crippen LogP contribution in [0.15, 0.2) is 97.3 Å². The molecule has 7 aromatic rings. The number of aryl methyl sites for hydroxylation is 2. The van der Waals surface area contributed by atoms with Crippen LogP contribution in [0.25, 0.3) is 49.0 Å². The highest BCUT2D eigenvalue weighted by Crippen LogP contribution is 2.31. The van der Waals surface area contributed by atoms with Gasteiger partial charge in [-0.15, -0.1) is 11.6 Å². The number of fused-ring (bicyclic) bond motifs is 9. The molecule has 3 aromatic heterocycles. The van der Waals surface area contributed by atoms with Crippen molar-refractivity contribution in [2.75, 3.05) is 11.6 Å². The number of aromatic nitrogens is 3. The van der Waals surface area contributed by atoms with Crippen LogP contribution in [-0.4, -0.2) is 26.5 Å². The van der Waals surface area contributed by atoms with Crippen LogP contribution in [0.2, 0.25) is 0 Å².